The molecule has 21 heavy (non-hydrogen) atoms. The number of fused-ring (bicyclic) bond motifs is 1. The standard InChI is InChI=1S/C14H12BrFN2O2S/c1-14(2,20-13(18)19)5-10-7(6-17)11-8(15)3-4-9(16)12(11)21-10/h3-4H,5H2,1-2H3,(H2,18,19). The molecule has 0 unspecified atom stereocenters. The van der Waals surface area contributed by atoms with Crippen molar-refractivity contribution in [3.05, 3.63) is 32.9 Å². The van der Waals surface area contributed by atoms with Crippen molar-refractivity contribution in [1.29, 1.82) is 5.26 Å². The quantitative estimate of drug-likeness (QED) is 0.883. The molecule has 2 rings (SSSR count). The van der Waals surface area contributed by atoms with E-state index in [1.165, 1.54) is 17.4 Å². The number of thiophene rings is 1. The van der Waals surface area contributed by atoms with Crippen LogP contribution in [0, 0.1) is 17.1 Å². The normalized spacial score (nSPS) is 11.4. The van der Waals surface area contributed by atoms with Crippen molar-refractivity contribution >= 4 is 43.4 Å². The number of rotatable bonds is 3. The smallest absolute Gasteiger partial charge is 0.405 e. The fourth-order valence-corrected chi connectivity index (χ4v) is 4.17. The van der Waals surface area contributed by atoms with E-state index in [2.05, 4.69) is 22.0 Å². The second kappa shape index (κ2) is 5.62. The van der Waals surface area contributed by atoms with Gasteiger partial charge in [-0.1, -0.05) is 15.9 Å². The Morgan fingerprint density at radius 3 is 2.81 bits per heavy atom. The second-order valence-electron chi connectivity index (χ2n) is 5.10. The lowest BCUT2D eigenvalue weighted by atomic mass is 10.0. The number of hydrogen-bond donors (Lipinski definition) is 1. The maximum absolute atomic E-state index is 13.9. The number of carbonyl (C=O) groups excluding carboxylic acids is 1. The Labute approximate surface area is 133 Å². The maximum Gasteiger partial charge on any atom is 0.405 e. The van der Waals surface area contributed by atoms with Gasteiger partial charge < -0.3 is 10.5 Å². The van der Waals surface area contributed by atoms with Crippen LogP contribution in [0.4, 0.5) is 9.18 Å². The van der Waals surface area contributed by atoms with Gasteiger partial charge in [0.1, 0.15) is 17.5 Å². The van der Waals surface area contributed by atoms with Crippen LogP contribution in [-0.2, 0) is 11.2 Å². The van der Waals surface area contributed by atoms with Crippen LogP contribution in [0.2, 0.25) is 0 Å². The molecule has 0 aliphatic rings. The van der Waals surface area contributed by atoms with Gasteiger partial charge in [-0.05, 0) is 26.0 Å². The molecule has 1 aromatic heterocycles. The van der Waals surface area contributed by atoms with Crippen LogP contribution < -0.4 is 5.73 Å². The molecular weight excluding hydrogens is 359 g/mol. The molecule has 1 aromatic carbocycles. The Balaban J connectivity index is 2.56. The van der Waals surface area contributed by atoms with E-state index in [-0.39, 0.29) is 12.2 Å². The first-order chi connectivity index (χ1) is 9.75. The van der Waals surface area contributed by atoms with Gasteiger partial charge in [0.25, 0.3) is 0 Å². The average molecular weight is 371 g/mol. The topological polar surface area (TPSA) is 76.1 Å². The molecule has 1 amide bonds. The summed E-state index contributed by atoms with van der Waals surface area (Å²) in [5.41, 5.74) is 4.55. The summed E-state index contributed by atoms with van der Waals surface area (Å²) in [4.78, 5) is 11.6. The molecule has 0 aliphatic heterocycles. The molecule has 0 radical (unpaired) electrons. The molecule has 0 spiro atoms. The van der Waals surface area contributed by atoms with Gasteiger partial charge in [0.05, 0.1) is 10.3 Å². The van der Waals surface area contributed by atoms with E-state index in [4.69, 9.17) is 10.5 Å². The van der Waals surface area contributed by atoms with E-state index in [1.54, 1.807) is 19.9 Å². The fourth-order valence-electron chi connectivity index (χ4n) is 2.12. The highest BCUT2D eigenvalue weighted by atomic mass is 79.9. The zero-order valence-electron chi connectivity index (χ0n) is 11.4. The molecule has 110 valence electrons. The summed E-state index contributed by atoms with van der Waals surface area (Å²) in [5, 5.41) is 9.93. The molecule has 2 aromatic rings. The van der Waals surface area contributed by atoms with Crippen LogP contribution in [0.15, 0.2) is 16.6 Å². The number of nitriles is 1. The van der Waals surface area contributed by atoms with Crippen molar-refractivity contribution in [2.45, 2.75) is 25.9 Å². The molecule has 0 aliphatic carbocycles. The van der Waals surface area contributed by atoms with E-state index in [9.17, 15) is 14.4 Å². The van der Waals surface area contributed by atoms with Crippen LogP contribution in [0.25, 0.3) is 10.1 Å². The molecule has 2 N–H and O–H groups in total. The number of carbonyl (C=O) groups is 1. The largest absolute Gasteiger partial charge is 0.443 e. The number of amides is 1. The van der Waals surface area contributed by atoms with Crippen LogP contribution in [0.5, 0.6) is 0 Å². The van der Waals surface area contributed by atoms with Crippen LogP contribution in [0.3, 0.4) is 0 Å². The number of halogens is 2. The van der Waals surface area contributed by atoms with Crippen molar-refractivity contribution in [3.63, 3.8) is 0 Å². The summed E-state index contributed by atoms with van der Waals surface area (Å²) in [6.07, 6.45) is -0.601. The third-order valence-corrected chi connectivity index (χ3v) is 4.75. The molecule has 0 atom stereocenters. The summed E-state index contributed by atoms with van der Waals surface area (Å²) in [5.74, 6) is -0.380. The summed E-state index contributed by atoms with van der Waals surface area (Å²) in [7, 11) is 0. The zero-order chi connectivity index (χ0) is 15.8. The zero-order valence-corrected chi connectivity index (χ0v) is 13.8. The predicted molar refractivity (Wildman–Crippen MR) is 82.6 cm³/mol. The molecule has 0 bridgehead atoms. The van der Waals surface area contributed by atoms with Crippen LogP contribution >= 0.6 is 27.3 Å². The Hall–Kier alpha value is -1.65. The predicted octanol–water partition coefficient (Wildman–Crippen LogP) is 4.09. The Kier molecular flexibility index (Phi) is 4.21. The average Bonchev–Trinajstić information content (AvgIpc) is 2.70. The summed E-state index contributed by atoms with van der Waals surface area (Å²) < 4.78 is 20.0. The van der Waals surface area contributed by atoms with Gasteiger partial charge >= 0.3 is 6.09 Å². The lowest BCUT2D eigenvalue weighted by molar-refractivity contribution is 0.0466. The van der Waals surface area contributed by atoms with Crippen molar-refractivity contribution in [2.24, 2.45) is 5.73 Å². The molecule has 4 nitrogen and oxygen atoms in total. The minimum Gasteiger partial charge on any atom is -0.443 e. The number of primary amides is 1. The Bertz CT molecular complexity index is 764. The lowest BCUT2D eigenvalue weighted by Crippen LogP contribution is -2.33. The van der Waals surface area contributed by atoms with Crippen molar-refractivity contribution < 1.29 is 13.9 Å². The van der Waals surface area contributed by atoms with Gasteiger partial charge in [0, 0.05) is 21.2 Å². The molecule has 1 heterocycles. The summed E-state index contributed by atoms with van der Waals surface area (Å²) >= 11 is 4.52. The van der Waals surface area contributed by atoms with Gasteiger partial charge in [-0.25, -0.2) is 9.18 Å². The number of nitrogens with two attached hydrogens (primary N) is 1. The summed E-state index contributed by atoms with van der Waals surface area (Å²) in [6.45, 7) is 3.38. The summed E-state index contributed by atoms with van der Waals surface area (Å²) in [6, 6.07) is 5.02. The Morgan fingerprint density at radius 1 is 1.57 bits per heavy atom. The van der Waals surface area contributed by atoms with Gasteiger partial charge in [0.2, 0.25) is 0 Å². The third kappa shape index (κ3) is 3.17. The fraction of sp³-hybridized carbons (Fsp3) is 0.286. The highest BCUT2D eigenvalue weighted by Gasteiger charge is 2.27. The number of benzene rings is 1. The van der Waals surface area contributed by atoms with Crippen molar-refractivity contribution in [2.75, 3.05) is 0 Å². The first-order valence-electron chi connectivity index (χ1n) is 6.03. The van der Waals surface area contributed by atoms with Gasteiger partial charge in [-0.15, -0.1) is 11.3 Å². The molecular formula is C14H12BrFN2O2S. The SMILES string of the molecule is CC(C)(Cc1sc2c(F)ccc(Br)c2c1C#N)OC(N)=O. The van der Waals surface area contributed by atoms with Gasteiger partial charge in [0.15, 0.2) is 0 Å². The highest BCUT2D eigenvalue weighted by molar-refractivity contribution is 9.10. The first kappa shape index (κ1) is 15.7. The van der Waals surface area contributed by atoms with Crippen molar-refractivity contribution in [1.82, 2.24) is 0 Å². The number of ether oxygens (including phenoxy) is 1. The third-order valence-electron chi connectivity index (χ3n) is 2.89. The first-order valence-corrected chi connectivity index (χ1v) is 7.64. The van der Waals surface area contributed by atoms with E-state index in [0.29, 0.717) is 25.0 Å². The molecule has 0 fully saturated rings. The minimum absolute atomic E-state index is 0.282. The monoisotopic (exact) mass is 370 g/mol. The Morgan fingerprint density at radius 2 is 2.24 bits per heavy atom. The van der Waals surface area contributed by atoms with E-state index in [0.717, 1.165) is 0 Å². The van der Waals surface area contributed by atoms with Gasteiger partial charge in [-0.3, -0.25) is 0 Å². The highest BCUT2D eigenvalue weighted by Crippen LogP contribution is 2.39. The molecule has 7 heteroatoms. The van der Waals surface area contributed by atoms with Crippen LogP contribution in [-0.4, -0.2) is 11.7 Å². The van der Waals surface area contributed by atoms with E-state index in [1.807, 2.05) is 0 Å². The maximum atomic E-state index is 13.9. The van der Waals surface area contributed by atoms with E-state index >= 15 is 0 Å². The molecule has 0 saturated carbocycles. The van der Waals surface area contributed by atoms with Gasteiger partial charge in [-0.2, -0.15) is 5.26 Å². The van der Waals surface area contributed by atoms with Crippen molar-refractivity contribution in [3.8, 4) is 6.07 Å². The van der Waals surface area contributed by atoms with E-state index < -0.39 is 11.7 Å². The molecule has 0 saturated heterocycles. The number of nitrogens with zero attached hydrogens (tertiary/aromatic N) is 1. The lowest BCUT2D eigenvalue weighted by Gasteiger charge is -2.23. The minimum atomic E-state index is -0.882. The second-order valence-corrected chi connectivity index (χ2v) is 7.06. The number of hydrogen-bond acceptors (Lipinski definition) is 4. The van der Waals surface area contributed by atoms with Crippen LogP contribution in [0.1, 0.15) is 24.3 Å².